The maximum absolute atomic E-state index is 10.4. The summed E-state index contributed by atoms with van der Waals surface area (Å²) >= 11 is 0. The summed E-state index contributed by atoms with van der Waals surface area (Å²) in [5.74, 6) is 0.846. The van der Waals surface area contributed by atoms with E-state index >= 15 is 0 Å². The van der Waals surface area contributed by atoms with Gasteiger partial charge >= 0.3 is 0 Å². The zero-order chi connectivity index (χ0) is 11.6. The minimum absolute atomic E-state index is 0.305. The standard InChI is InChI=1S/C11H19N3O2/c1-14-10(12-8-13-14)7-11(15)5-3-9(16-2)4-6-11/h8-9,15H,3-7H2,1-2H3. The summed E-state index contributed by atoms with van der Waals surface area (Å²) in [6, 6.07) is 0. The molecule has 0 unspecified atom stereocenters. The van der Waals surface area contributed by atoms with Crippen molar-refractivity contribution in [2.75, 3.05) is 7.11 Å². The summed E-state index contributed by atoms with van der Waals surface area (Å²) in [6.07, 6.45) is 5.81. The molecule has 0 bridgehead atoms. The minimum atomic E-state index is -0.629. The molecular formula is C11H19N3O2. The molecule has 5 nitrogen and oxygen atoms in total. The molecule has 0 radical (unpaired) electrons. The maximum Gasteiger partial charge on any atom is 0.138 e. The van der Waals surface area contributed by atoms with Crippen LogP contribution in [0.1, 0.15) is 31.5 Å². The van der Waals surface area contributed by atoms with Crippen LogP contribution in [0.4, 0.5) is 0 Å². The first-order chi connectivity index (χ1) is 7.63. The molecule has 1 aromatic heterocycles. The molecule has 5 heteroatoms. The highest BCUT2D eigenvalue weighted by Crippen LogP contribution is 2.31. The maximum atomic E-state index is 10.4. The van der Waals surface area contributed by atoms with Gasteiger partial charge in [-0.1, -0.05) is 0 Å². The number of ether oxygens (including phenoxy) is 1. The fraction of sp³-hybridized carbons (Fsp3) is 0.818. The third-order valence-corrected chi connectivity index (χ3v) is 3.49. The summed E-state index contributed by atoms with van der Waals surface area (Å²) in [5.41, 5.74) is -0.629. The predicted octanol–water partition coefficient (Wildman–Crippen LogP) is 0.678. The van der Waals surface area contributed by atoms with Gasteiger partial charge in [-0.2, -0.15) is 5.10 Å². The molecule has 0 spiro atoms. The Kier molecular flexibility index (Phi) is 3.25. The molecule has 0 amide bonds. The van der Waals surface area contributed by atoms with E-state index in [9.17, 15) is 5.11 Å². The second kappa shape index (κ2) is 4.51. The molecule has 1 aliphatic rings. The fourth-order valence-corrected chi connectivity index (χ4v) is 2.32. The molecule has 1 N–H and O–H groups in total. The Labute approximate surface area is 95.4 Å². The van der Waals surface area contributed by atoms with E-state index in [1.807, 2.05) is 7.05 Å². The van der Waals surface area contributed by atoms with Crippen LogP contribution in [0.5, 0.6) is 0 Å². The molecule has 1 saturated carbocycles. The first-order valence-electron chi connectivity index (χ1n) is 5.71. The van der Waals surface area contributed by atoms with Crippen molar-refractivity contribution in [3.8, 4) is 0 Å². The number of aromatic nitrogens is 3. The summed E-state index contributed by atoms with van der Waals surface area (Å²) in [6.45, 7) is 0. The van der Waals surface area contributed by atoms with Crippen LogP contribution in [-0.2, 0) is 18.2 Å². The van der Waals surface area contributed by atoms with Gasteiger partial charge in [-0.05, 0) is 25.7 Å². The van der Waals surface area contributed by atoms with E-state index in [0.29, 0.717) is 12.5 Å². The van der Waals surface area contributed by atoms with E-state index < -0.39 is 5.60 Å². The lowest BCUT2D eigenvalue weighted by atomic mass is 9.81. The van der Waals surface area contributed by atoms with E-state index in [1.54, 1.807) is 11.8 Å². The number of rotatable bonds is 3. The van der Waals surface area contributed by atoms with Gasteiger partial charge < -0.3 is 9.84 Å². The van der Waals surface area contributed by atoms with E-state index in [1.165, 1.54) is 6.33 Å². The van der Waals surface area contributed by atoms with Crippen molar-refractivity contribution in [3.63, 3.8) is 0 Å². The van der Waals surface area contributed by atoms with Crippen LogP contribution >= 0.6 is 0 Å². The second-order valence-electron chi connectivity index (χ2n) is 4.64. The van der Waals surface area contributed by atoms with E-state index in [-0.39, 0.29) is 0 Å². The highest BCUT2D eigenvalue weighted by Gasteiger charge is 2.34. The number of hydrogen-bond donors (Lipinski definition) is 1. The number of aryl methyl sites for hydroxylation is 1. The SMILES string of the molecule is COC1CCC(O)(Cc2ncnn2C)CC1. The normalized spacial score (nSPS) is 30.6. The average molecular weight is 225 g/mol. The van der Waals surface area contributed by atoms with Gasteiger partial charge in [0.15, 0.2) is 0 Å². The third-order valence-electron chi connectivity index (χ3n) is 3.49. The molecule has 1 fully saturated rings. The number of methoxy groups -OCH3 is 1. The number of aliphatic hydroxyl groups is 1. The highest BCUT2D eigenvalue weighted by atomic mass is 16.5. The summed E-state index contributed by atoms with van der Waals surface area (Å²) in [5, 5.41) is 14.5. The zero-order valence-corrected chi connectivity index (χ0v) is 9.89. The third kappa shape index (κ3) is 2.41. The molecule has 0 aromatic carbocycles. The van der Waals surface area contributed by atoms with Gasteiger partial charge in [0.2, 0.25) is 0 Å². The van der Waals surface area contributed by atoms with Crippen LogP contribution in [-0.4, -0.2) is 38.7 Å². The van der Waals surface area contributed by atoms with E-state index in [2.05, 4.69) is 10.1 Å². The summed E-state index contributed by atoms with van der Waals surface area (Å²) < 4.78 is 7.02. The smallest absolute Gasteiger partial charge is 0.138 e. The molecule has 1 heterocycles. The van der Waals surface area contributed by atoms with Gasteiger partial charge in [0.1, 0.15) is 12.2 Å². The molecule has 90 valence electrons. The van der Waals surface area contributed by atoms with Gasteiger partial charge in [-0.25, -0.2) is 4.98 Å². The van der Waals surface area contributed by atoms with Crippen molar-refractivity contribution in [3.05, 3.63) is 12.2 Å². The number of hydrogen-bond acceptors (Lipinski definition) is 4. The topological polar surface area (TPSA) is 60.2 Å². The van der Waals surface area contributed by atoms with Gasteiger partial charge in [-0.15, -0.1) is 0 Å². The predicted molar refractivity (Wildman–Crippen MR) is 58.9 cm³/mol. The molecule has 0 saturated heterocycles. The van der Waals surface area contributed by atoms with E-state index in [4.69, 9.17) is 4.74 Å². The van der Waals surface area contributed by atoms with Crippen LogP contribution in [0.3, 0.4) is 0 Å². The Morgan fingerprint density at radius 2 is 2.25 bits per heavy atom. The van der Waals surface area contributed by atoms with Crippen molar-refractivity contribution >= 4 is 0 Å². The van der Waals surface area contributed by atoms with Crippen molar-refractivity contribution in [1.29, 1.82) is 0 Å². The molecular weight excluding hydrogens is 206 g/mol. The van der Waals surface area contributed by atoms with Gasteiger partial charge in [0.05, 0.1) is 11.7 Å². The lowest BCUT2D eigenvalue weighted by molar-refractivity contribution is -0.0442. The quantitative estimate of drug-likeness (QED) is 0.821. The van der Waals surface area contributed by atoms with Gasteiger partial charge in [0, 0.05) is 20.6 Å². The van der Waals surface area contributed by atoms with Crippen molar-refractivity contribution in [2.24, 2.45) is 7.05 Å². The molecule has 0 aliphatic heterocycles. The van der Waals surface area contributed by atoms with Gasteiger partial charge in [-0.3, -0.25) is 4.68 Å². The second-order valence-corrected chi connectivity index (χ2v) is 4.64. The Morgan fingerprint density at radius 3 is 2.75 bits per heavy atom. The van der Waals surface area contributed by atoms with Crippen LogP contribution in [0, 0.1) is 0 Å². The largest absolute Gasteiger partial charge is 0.389 e. The first kappa shape index (κ1) is 11.5. The van der Waals surface area contributed by atoms with Crippen LogP contribution < -0.4 is 0 Å². The zero-order valence-electron chi connectivity index (χ0n) is 9.89. The Bertz CT molecular complexity index is 343. The van der Waals surface area contributed by atoms with E-state index in [0.717, 1.165) is 31.5 Å². The average Bonchev–Trinajstić information content (AvgIpc) is 2.65. The van der Waals surface area contributed by atoms with Crippen LogP contribution in [0.25, 0.3) is 0 Å². The molecule has 16 heavy (non-hydrogen) atoms. The molecule has 2 rings (SSSR count). The Balaban J connectivity index is 1.97. The minimum Gasteiger partial charge on any atom is -0.389 e. The van der Waals surface area contributed by atoms with Crippen molar-refractivity contribution in [1.82, 2.24) is 14.8 Å². The summed E-state index contributed by atoms with van der Waals surface area (Å²) in [7, 11) is 3.59. The lowest BCUT2D eigenvalue weighted by Gasteiger charge is -2.35. The summed E-state index contributed by atoms with van der Waals surface area (Å²) in [4.78, 5) is 4.15. The molecule has 1 aromatic rings. The Morgan fingerprint density at radius 1 is 1.56 bits per heavy atom. The fourth-order valence-electron chi connectivity index (χ4n) is 2.32. The monoisotopic (exact) mass is 225 g/mol. The Hall–Kier alpha value is -0.940. The highest BCUT2D eigenvalue weighted by molar-refractivity contribution is 4.96. The molecule has 0 atom stereocenters. The van der Waals surface area contributed by atoms with Crippen molar-refractivity contribution in [2.45, 2.75) is 43.8 Å². The van der Waals surface area contributed by atoms with Crippen LogP contribution in [0.2, 0.25) is 0 Å². The first-order valence-corrected chi connectivity index (χ1v) is 5.71. The number of nitrogens with zero attached hydrogens (tertiary/aromatic N) is 3. The lowest BCUT2D eigenvalue weighted by Crippen LogP contribution is -2.39. The van der Waals surface area contributed by atoms with Crippen LogP contribution in [0.15, 0.2) is 6.33 Å². The van der Waals surface area contributed by atoms with Gasteiger partial charge in [0.25, 0.3) is 0 Å². The van der Waals surface area contributed by atoms with Crippen molar-refractivity contribution < 1.29 is 9.84 Å². The molecule has 1 aliphatic carbocycles.